The molecule has 4 heteroatoms. The molecule has 0 bridgehead atoms. The maximum absolute atomic E-state index is 6.06. The van der Waals surface area contributed by atoms with E-state index in [1.54, 1.807) is 0 Å². The minimum atomic E-state index is 0.587. The molecule has 1 aromatic carbocycles. The van der Waals surface area contributed by atoms with Gasteiger partial charge in [-0.25, -0.2) is 4.98 Å². The van der Waals surface area contributed by atoms with E-state index in [-0.39, 0.29) is 0 Å². The van der Waals surface area contributed by atoms with E-state index in [1.807, 2.05) is 12.1 Å². The molecule has 0 amide bonds. The molecule has 0 radical (unpaired) electrons. The standard InChI is InChI=1S/C16H25N3O/c1-3-5-6-7-11-19-13-9-8-10-14(20-12-4-2)15(13)18-16(19)17/h8-10H,3-7,11-12H2,1-2H3,(H2,17,18). The number of ether oxygens (including phenoxy) is 1. The van der Waals surface area contributed by atoms with Gasteiger partial charge in [0.25, 0.3) is 0 Å². The predicted molar refractivity (Wildman–Crippen MR) is 84.1 cm³/mol. The Labute approximate surface area is 120 Å². The Morgan fingerprint density at radius 3 is 2.75 bits per heavy atom. The van der Waals surface area contributed by atoms with Gasteiger partial charge in [-0.15, -0.1) is 0 Å². The Kier molecular flexibility index (Phi) is 5.27. The quantitative estimate of drug-likeness (QED) is 0.741. The number of para-hydroxylation sites is 1. The number of nitrogens with two attached hydrogens (primary N) is 1. The molecular weight excluding hydrogens is 250 g/mol. The van der Waals surface area contributed by atoms with Crippen molar-refractivity contribution in [1.82, 2.24) is 9.55 Å². The van der Waals surface area contributed by atoms with E-state index in [2.05, 4.69) is 29.5 Å². The van der Waals surface area contributed by atoms with Crippen LogP contribution in [-0.4, -0.2) is 16.2 Å². The van der Waals surface area contributed by atoms with E-state index in [4.69, 9.17) is 10.5 Å². The van der Waals surface area contributed by atoms with Crippen LogP contribution in [-0.2, 0) is 6.54 Å². The highest BCUT2D eigenvalue weighted by atomic mass is 16.5. The smallest absolute Gasteiger partial charge is 0.201 e. The van der Waals surface area contributed by atoms with Crippen LogP contribution in [0.3, 0.4) is 0 Å². The molecule has 2 aromatic rings. The topological polar surface area (TPSA) is 53.1 Å². The summed E-state index contributed by atoms with van der Waals surface area (Å²) in [6.45, 7) is 5.96. The van der Waals surface area contributed by atoms with Crippen molar-refractivity contribution in [3.63, 3.8) is 0 Å². The third kappa shape index (κ3) is 3.24. The number of hydrogen-bond donors (Lipinski definition) is 1. The molecule has 0 saturated carbocycles. The molecule has 0 aliphatic rings. The third-order valence-corrected chi connectivity index (χ3v) is 3.47. The summed E-state index contributed by atoms with van der Waals surface area (Å²) in [5.41, 5.74) is 8.02. The molecule has 0 unspecified atom stereocenters. The van der Waals surface area contributed by atoms with E-state index in [0.29, 0.717) is 12.6 Å². The first-order valence-corrected chi connectivity index (χ1v) is 7.65. The minimum absolute atomic E-state index is 0.587. The van der Waals surface area contributed by atoms with Crippen LogP contribution in [0.15, 0.2) is 18.2 Å². The van der Waals surface area contributed by atoms with Crippen LogP contribution in [0.2, 0.25) is 0 Å². The first-order chi connectivity index (χ1) is 9.77. The summed E-state index contributed by atoms with van der Waals surface area (Å²) in [7, 11) is 0. The maximum Gasteiger partial charge on any atom is 0.201 e. The molecule has 0 aliphatic heterocycles. The monoisotopic (exact) mass is 275 g/mol. The molecule has 110 valence electrons. The van der Waals surface area contributed by atoms with Gasteiger partial charge in [0.1, 0.15) is 11.3 Å². The normalized spacial score (nSPS) is 11.1. The zero-order chi connectivity index (χ0) is 14.4. The van der Waals surface area contributed by atoms with Gasteiger partial charge in [-0.2, -0.15) is 0 Å². The average Bonchev–Trinajstić information content (AvgIpc) is 2.78. The van der Waals surface area contributed by atoms with Crippen LogP contribution in [0.25, 0.3) is 11.0 Å². The van der Waals surface area contributed by atoms with Crippen LogP contribution >= 0.6 is 0 Å². The minimum Gasteiger partial charge on any atom is -0.491 e. The number of hydrogen-bond acceptors (Lipinski definition) is 3. The Morgan fingerprint density at radius 2 is 2.00 bits per heavy atom. The van der Waals surface area contributed by atoms with E-state index in [9.17, 15) is 0 Å². The number of benzene rings is 1. The van der Waals surface area contributed by atoms with E-state index < -0.39 is 0 Å². The van der Waals surface area contributed by atoms with Crippen molar-refractivity contribution in [2.75, 3.05) is 12.3 Å². The van der Waals surface area contributed by atoms with Crippen LogP contribution in [0.1, 0.15) is 46.0 Å². The van der Waals surface area contributed by atoms with Crippen molar-refractivity contribution in [3.05, 3.63) is 18.2 Å². The Balaban J connectivity index is 2.20. The highest BCUT2D eigenvalue weighted by Crippen LogP contribution is 2.27. The zero-order valence-corrected chi connectivity index (χ0v) is 12.6. The predicted octanol–water partition coefficient (Wildman–Crippen LogP) is 3.99. The fourth-order valence-corrected chi connectivity index (χ4v) is 2.40. The second-order valence-corrected chi connectivity index (χ2v) is 5.15. The molecule has 0 fully saturated rings. The van der Waals surface area contributed by atoms with Crippen molar-refractivity contribution < 1.29 is 4.74 Å². The first kappa shape index (κ1) is 14.7. The number of aryl methyl sites for hydroxylation is 1. The van der Waals surface area contributed by atoms with Crippen molar-refractivity contribution in [2.24, 2.45) is 0 Å². The van der Waals surface area contributed by atoms with Gasteiger partial charge in [0.2, 0.25) is 5.95 Å². The summed E-state index contributed by atoms with van der Waals surface area (Å²) >= 11 is 0. The summed E-state index contributed by atoms with van der Waals surface area (Å²) in [6.07, 6.45) is 5.89. The third-order valence-electron chi connectivity index (χ3n) is 3.47. The lowest BCUT2D eigenvalue weighted by Crippen LogP contribution is -2.03. The first-order valence-electron chi connectivity index (χ1n) is 7.65. The number of fused-ring (bicyclic) bond motifs is 1. The number of aromatic nitrogens is 2. The molecule has 2 rings (SSSR count). The molecule has 0 atom stereocenters. The number of imidazole rings is 1. The van der Waals surface area contributed by atoms with E-state index >= 15 is 0 Å². The van der Waals surface area contributed by atoms with E-state index in [0.717, 1.165) is 36.2 Å². The van der Waals surface area contributed by atoms with Crippen LogP contribution < -0.4 is 10.5 Å². The molecule has 1 aromatic heterocycles. The van der Waals surface area contributed by atoms with Crippen LogP contribution in [0.4, 0.5) is 5.95 Å². The average molecular weight is 275 g/mol. The Morgan fingerprint density at radius 1 is 1.15 bits per heavy atom. The van der Waals surface area contributed by atoms with Gasteiger partial charge in [0, 0.05) is 6.54 Å². The number of rotatable bonds is 8. The molecule has 2 N–H and O–H groups in total. The number of nitrogen functional groups attached to an aromatic ring is 1. The van der Waals surface area contributed by atoms with Gasteiger partial charge in [0.05, 0.1) is 12.1 Å². The zero-order valence-electron chi connectivity index (χ0n) is 12.6. The molecule has 0 saturated heterocycles. The number of unbranched alkanes of at least 4 members (excludes halogenated alkanes) is 3. The maximum atomic E-state index is 6.06. The SMILES string of the molecule is CCCCCCn1c(N)nc2c(OCCC)cccc21. The van der Waals surface area contributed by atoms with Gasteiger partial charge in [-0.1, -0.05) is 39.2 Å². The van der Waals surface area contributed by atoms with Gasteiger partial charge in [-0.05, 0) is 25.0 Å². The lowest BCUT2D eigenvalue weighted by atomic mass is 10.2. The van der Waals surface area contributed by atoms with Crippen molar-refractivity contribution in [3.8, 4) is 5.75 Å². The summed E-state index contributed by atoms with van der Waals surface area (Å²) in [6, 6.07) is 6.04. The largest absolute Gasteiger partial charge is 0.491 e. The second kappa shape index (κ2) is 7.17. The summed E-state index contributed by atoms with van der Waals surface area (Å²) in [4.78, 5) is 4.48. The fraction of sp³-hybridized carbons (Fsp3) is 0.562. The van der Waals surface area contributed by atoms with Gasteiger partial charge in [-0.3, -0.25) is 0 Å². The molecule has 0 aliphatic carbocycles. The van der Waals surface area contributed by atoms with Gasteiger partial charge < -0.3 is 15.0 Å². The van der Waals surface area contributed by atoms with E-state index in [1.165, 1.54) is 19.3 Å². The van der Waals surface area contributed by atoms with Gasteiger partial charge >= 0.3 is 0 Å². The van der Waals surface area contributed by atoms with Crippen molar-refractivity contribution in [2.45, 2.75) is 52.5 Å². The Hall–Kier alpha value is -1.71. The fourth-order valence-electron chi connectivity index (χ4n) is 2.40. The summed E-state index contributed by atoms with van der Waals surface area (Å²) < 4.78 is 7.85. The van der Waals surface area contributed by atoms with Crippen molar-refractivity contribution in [1.29, 1.82) is 0 Å². The lowest BCUT2D eigenvalue weighted by molar-refractivity contribution is 0.320. The summed E-state index contributed by atoms with van der Waals surface area (Å²) in [5.74, 6) is 1.42. The highest BCUT2D eigenvalue weighted by Gasteiger charge is 2.11. The number of nitrogens with zero attached hydrogens (tertiary/aromatic N) is 2. The molecule has 20 heavy (non-hydrogen) atoms. The van der Waals surface area contributed by atoms with Crippen LogP contribution in [0.5, 0.6) is 5.75 Å². The Bertz CT molecular complexity index is 548. The second-order valence-electron chi connectivity index (χ2n) is 5.15. The lowest BCUT2D eigenvalue weighted by Gasteiger charge is -2.07. The van der Waals surface area contributed by atoms with Crippen LogP contribution in [0, 0.1) is 0 Å². The molecule has 1 heterocycles. The molecule has 4 nitrogen and oxygen atoms in total. The number of anilines is 1. The summed E-state index contributed by atoms with van der Waals surface area (Å²) in [5, 5.41) is 0. The van der Waals surface area contributed by atoms with Crippen molar-refractivity contribution >= 4 is 17.0 Å². The molecular formula is C16H25N3O. The van der Waals surface area contributed by atoms with Gasteiger partial charge in [0.15, 0.2) is 0 Å². The highest BCUT2D eigenvalue weighted by molar-refractivity contribution is 5.84. The molecule has 0 spiro atoms.